The van der Waals surface area contributed by atoms with E-state index in [1.54, 1.807) is 0 Å². The largest absolute Gasteiger partial charge is 0.393 e. The smallest absolute Gasteiger partial charge is 0.0605 e. The first-order valence-corrected chi connectivity index (χ1v) is 13.5. The fourth-order valence-electron chi connectivity index (χ4n) is 9.73. The molecule has 0 bridgehead atoms. The van der Waals surface area contributed by atoms with Crippen molar-refractivity contribution >= 4 is 0 Å². The molecule has 174 valence electrons. The molecule has 0 aromatic heterocycles. The first-order valence-electron chi connectivity index (χ1n) is 13.5. The number of hydrogen-bond donors (Lipinski definition) is 2. The summed E-state index contributed by atoms with van der Waals surface area (Å²) in [4.78, 5) is 0. The van der Waals surface area contributed by atoms with Crippen molar-refractivity contribution < 1.29 is 10.2 Å². The van der Waals surface area contributed by atoms with Gasteiger partial charge in [0.05, 0.1) is 12.2 Å². The normalized spacial score (nSPS) is 51.9. The van der Waals surface area contributed by atoms with Crippen LogP contribution >= 0.6 is 0 Å². The molecule has 2 heteroatoms. The lowest BCUT2D eigenvalue weighted by Crippen LogP contribution is -2.62. The lowest BCUT2D eigenvalue weighted by atomic mass is 9.41. The van der Waals surface area contributed by atoms with E-state index in [1.165, 1.54) is 44.9 Å². The summed E-state index contributed by atoms with van der Waals surface area (Å²) in [5.74, 6) is 5.21. The van der Waals surface area contributed by atoms with Gasteiger partial charge in [-0.05, 0) is 103 Å². The molecule has 2 nitrogen and oxygen atoms in total. The topological polar surface area (TPSA) is 40.5 Å². The molecule has 4 fully saturated rings. The molecule has 0 radical (unpaired) electrons. The van der Waals surface area contributed by atoms with E-state index in [1.807, 2.05) is 0 Å². The van der Waals surface area contributed by atoms with Gasteiger partial charge >= 0.3 is 0 Å². The molecular formula is C28H50O2. The van der Waals surface area contributed by atoms with Gasteiger partial charge in [0.1, 0.15) is 0 Å². The Morgan fingerprint density at radius 2 is 1.50 bits per heavy atom. The minimum absolute atomic E-state index is 0.146. The Morgan fingerprint density at radius 1 is 0.833 bits per heavy atom. The van der Waals surface area contributed by atoms with Crippen molar-refractivity contribution in [3.05, 3.63) is 0 Å². The van der Waals surface area contributed by atoms with E-state index in [0.717, 1.165) is 37.0 Å². The first-order chi connectivity index (χ1) is 14.1. The second kappa shape index (κ2) is 8.36. The SMILES string of the molecule is CC[C@H]1C(O)C2C3CC[C@H]([C@H](C)CCC(C)C)[C@@]3(C)CCC2[C@@]2(C)CC[C@@H](O)C[C@@H]12. The zero-order valence-corrected chi connectivity index (χ0v) is 20.7. The molecule has 4 rings (SSSR count). The summed E-state index contributed by atoms with van der Waals surface area (Å²) in [6.45, 7) is 14.7. The molecule has 0 heterocycles. The van der Waals surface area contributed by atoms with Crippen LogP contribution in [-0.2, 0) is 0 Å². The molecule has 0 aliphatic heterocycles. The molecule has 4 aliphatic rings. The summed E-state index contributed by atoms with van der Waals surface area (Å²) in [6, 6.07) is 0. The van der Waals surface area contributed by atoms with Crippen LogP contribution in [0.1, 0.15) is 106 Å². The Bertz CT molecular complexity index is 601. The van der Waals surface area contributed by atoms with Crippen molar-refractivity contribution in [2.75, 3.05) is 0 Å². The predicted octanol–water partition coefficient (Wildman–Crippen LogP) is 6.69. The van der Waals surface area contributed by atoms with Crippen LogP contribution in [0.15, 0.2) is 0 Å². The maximum atomic E-state index is 11.8. The third-order valence-corrected chi connectivity index (χ3v) is 11.3. The zero-order valence-electron chi connectivity index (χ0n) is 20.7. The second-order valence-electron chi connectivity index (χ2n) is 13.1. The summed E-state index contributed by atoms with van der Waals surface area (Å²) in [6.07, 6.45) is 11.9. The third-order valence-electron chi connectivity index (χ3n) is 11.3. The molecule has 30 heavy (non-hydrogen) atoms. The fourth-order valence-corrected chi connectivity index (χ4v) is 9.73. The Kier molecular flexibility index (Phi) is 6.44. The van der Waals surface area contributed by atoms with Crippen LogP contribution in [0.25, 0.3) is 0 Å². The minimum Gasteiger partial charge on any atom is -0.393 e. The first kappa shape index (κ1) is 23.1. The van der Waals surface area contributed by atoms with E-state index in [9.17, 15) is 10.2 Å². The molecule has 4 aliphatic carbocycles. The van der Waals surface area contributed by atoms with Crippen LogP contribution in [0, 0.1) is 58.2 Å². The average molecular weight is 419 g/mol. The van der Waals surface area contributed by atoms with Crippen LogP contribution in [-0.4, -0.2) is 22.4 Å². The van der Waals surface area contributed by atoms with E-state index >= 15 is 0 Å². The number of aliphatic hydroxyl groups excluding tert-OH is 2. The van der Waals surface area contributed by atoms with E-state index < -0.39 is 0 Å². The molecular weight excluding hydrogens is 368 g/mol. The number of fused-ring (bicyclic) bond motifs is 5. The zero-order chi connectivity index (χ0) is 21.8. The maximum Gasteiger partial charge on any atom is 0.0605 e. The predicted molar refractivity (Wildman–Crippen MR) is 125 cm³/mol. The van der Waals surface area contributed by atoms with Gasteiger partial charge in [-0.15, -0.1) is 0 Å². The Hall–Kier alpha value is -0.0800. The standard InChI is InChI=1S/C28H50O2/c1-7-20-24-16-19(29)12-14-28(24,6)23-13-15-27(5)21(18(4)9-8-17(2)3)10-11-22(27)25(23)26(20)30/h17-26,29-30H,7-16H2,1-6H3/t18-,19-,20-,21-,22?,23?,24+,25?,26?,27-,28-/m1/s1. The van der Waals surface area contributed by atoms with Crippen LogP contribution in [0.4, 0.5) is 0 Å². The molecule has 2 N–H and O–H groups in total. The Balaban J connectivity index is 1.61. The lowest BCUT2D eigenvalue weighted by Gasteiger charge is -2.64. The molecule has 0 spiro atoms. The molecule has 0 aromatic rings. The quantitative estimate of drug-likeness (QED) is 0.522. The number of aliphatic hydroxyl groups is 2. The van der Waals surface area contributed by atoms with Gasteiger partial charge in [0.2, 0.25) is 0 Å². The molecule has 11 atom stereocenters. The fraction of sp³-hybridized carbons (Fsp3) is 1.00. The van der Waals surface area contributed by atoms with Crippen molar-refractivity contribution in [3.63, 3.8) is 0 Å². The summed E-state index contributed by atoms with van der Waals surface area (Å²) >= 11 is 0. The van der Waals surface area contributed by atoms with Gasteiger partial charge in [-0.25, -0.2) is 0 Å². The molecule has 0 amide bonds. The summed E-state index contributed by atoms with van der Waals surface area (Å²) in [5.41, 5.74) is 0.751. The van der Waals surface area contributed by atoms with Crippen LogP contribution in [0.3, 0.4) is 0 Å². The highest BCUT2D eigenvalue weighted by atomic mass is 16.3. The van der Waals surface area contributed by atoms with Crippen LogP contribution in [0.2, 0.25) is 0 Å². The molecule has 0 aromatic carbocycles. The van der Waals surface area contributed by atoms with Gasteiger partial charge in [-0.2, -0.15) is 0 Å². The summed E-state index contributed by atoms with van der Waals surface area (Å²) in [7, 11) is 0. The number of rotatable bonds is 5. The highest BCUT2D eigenvalue weighted by molar-refractivity contribution is 5.13. The van der Waals surface area contributed by atoms with E-state index in [0.29, 0.717) is 40.4 Å². The van der Waals surface area contributed by atoms with Crippen LogP contribution in [0.5, 0.6) is 0 Å². The molecule has 4 saturated carbocycles. The van der Waals surface area contributed by atoms with E-state index in [2.05, 4.69) is 41.5 Å². The minimum atomic E-state index is -0.155. The summed E-state index contributed by atoms with van der Waals surface area (Å²) in [5, 5.41) is 22.2. The van der Waals surface area contributed by atoms with Gasteiger partial charge in [0.25, 0.3) is 0 Å². The molecule has 0 saturated heterocycles. The van der Waals surface area contributed by atoms with Crippen molar-refractivity contribution in [2.45, 2.75) is 118 Å². The average Bonchev–Trinajstić information content (AvgIpc) is 3.05. The second-order valence-corrected chi connectivity index (χ2v) is 13.1. The van der Waals surface area contributed by atoms with Gasteiger partial charge in [0, 0.05) is 0 Å². The van der Waals surface area contributed by atoms with Gasteiger partial charge in [-0.3, -0.25) is 0 Å². The van der Waals surface area contributed by atoms with Gasteiger partial charge in [0.15, 0.2) is 0 Å². The van der Waals surface area contributed by atoms with Crippen LogP contribution < -0.4 is 0 Å². The molecule has 4 unspecified atom stereocenters. The van der Waals surface area contributed by atoms with E-state index in [4.69, 9.17) is 0 Å². The summed E-state index contributed by atoms with van der Waals surface area (Å²) < 4.78 is 0. The maximum absolute atomic E-state index is 11.8. The highest BCUT2D eigenvalue weighted by Crippen LogP contribution is 2.69. The lowest BCUT2D eigenvalue weighted by molar-refractivity contribution is -0.203. The van der Waals surface area contributed by atoms with Gasteiger partial charge in [-0.1, -0.05) is 60.8 Å². The van der Waals surface area contributed by atoms with Crippen molar-refractivity contribution in [2.24, 2.45) is 58.2 Å². The number of hydrogen-bond acceptors (Lipinski definition) is 2. The third kappa shape index (κ3) is 3.51. The Labute approximate surface area is 186 Å². The monoisotopic (exact) mass is 418 g/mol. The van der Waals surface area contributed by atoms with Gasteiger partial charge < -0.3 is 10.2 Å². The van der Waals surface area contributed by atoms with Crippen molar-refractivity contribution in [1.82, 2.24) is 0 Å². The van der Waals surface area contributed by atoms with E-state index in [-0.39, 0.29) is 12.2 Å². The van der Waals surface area contributed by atoms with Crippen molar-refractivity contribution in [3.8, 4) is 0 Å². The van der Waals surface area contributed by atoms with Crippen molar-refractivity contribution in [1.29, 1.82) is 0 Å². The highest BCUT2D eigenvalue weighted by Gasteiger charge is 2.64. The Morgan fingerprint density at radius 3 is 2.17 bits per heavy atom.